The van der Waals surface area contributed by atoms with E-state index in [1.807, 2.05) is 48.5 Å². The standard InChI is InChI=1S/C25H30O6.C13H16O3.H14P12.H13P11/c1-17(14-15-30-16-20-10-12-22(29-4)13-11-20)23(26)18(2)24(27)19(3)31-25(28)21-8-6-5-7-9-21;1-11(9-14)7-8-16-10-12-3-5-13(15-2)6-4-12;1-8(2)11(7)12(9(3)4)10(5)6;1-7-10(6)11(8(2)3)9(4)5/h5-14,18-19,23,26H,15-16H2,1-4H3;3-7,9H,8,10H2,1-2H3;1-7H2;7H,1-6H2/b17-14+;11-7+;;/t18-,19+,23-;;;/m1.../s1. The molecule has 1 N–H and O–H groups in total. The molecule has 0 saturated heterocycles. The second-order valence-electron chi connectivity index (χ2n) is 14.0. The van der Waals surface area contributed by atoms with Crippen molar-refractivity contribution >= 4 is 205 Å². The number of methoxy groups -OCH3 is 2. The second-order valence-corrected chi connectivity index (χ2v) is 98.0. The largest absolute Gasteiger partial charge is 0.497 e. The molecule has 32 heteroatoms. The molecule has 394 valence electrons. The number of carbonyl (C=O) groups is 3. The van der Waals surface area contributed by atoms with E-state index in [0.717, 1.165) is 36.9 Å². The van der Waals surface area contributed by atoms with Gasteiger partial charge in [-0.3, -0.25) is 9.59 Å². The number of benzene rings is 3. The van der Waals surface area contributed by atoms with Crippen LogP contribution in [-0.2, 0) is 37.0 Å². The van der Waals surface area contributed by atoms with Gasteiger partial charge in [-0.2, -0.15) is 0 Å². The predicted molar refractivity (Wildman–Crippen MR) is 377 cm³/mol. The second kappa shape index (κ2) is 44.9. The Kier molecular flexibility index (Phi) is 48.3. The van der Waals surface area contributed by atoms with Crippen molar-refractivity contribution in [2.24, 2.45) is 5.92 Å². The lowest BCUT2D eigenvalue weighted by molar-refractivity contribution is -0.133. The Hall–Kier alpha value is 5.32. The normalized spacial score (nSPS) is 14.1. The van der Waals surface area contributed by atoms with Crippen LogP contribution >= 0.6 is 187 Å². The zero-order chi connectivity index (χ0) is 53.5. The molecule has 0 aromatic heterocycles. The topological polar surface area (TPSA) is 118 Å². The van der Waals surface area contributed by atoms with Crippen molar-refractivity contribution in [3.63, 3.8) is 0 Å². The molecule has 0 spiro atoms. The van der Waals surface area contributed by atoms with E-state index in [1.165, 1.54) is 6.92 Å². The van der Waals surface area contributed by atoms with E-state index in [2.05, 4.69) is 116 Å². The summed E-state index contributed by atoms with van der Waals surface area (Å²) in [6, 6.07) is 23.7. The summed E-state index contributed by atoms with van der Waals surface area (Å²) >= 11 is 0. The van der Waals surface area contributed by atoms with Gasteiger partial charge in [-0.25, -0.2) is 4.79 Å². The van der Waals surface area contributed by atoms with E-state index in [9.17, 15) is 19.5 Å². The first kappa shape index (κ1) is 75.3. The van der Waals surface area contributed by atoms with E-state index < -0.39 is 24.1 Å². The number of hydrogen-bond donors (Lipinski definition) is 1. The van der Waals surface area contributed by atoms with Crippen LogP contribution in [0.25, 0.3) is 0 Å². The van der Waals surface area contributed by atoms with Gasteiger partial charge in [0.2, 0.25) is 0 Å². The van der Waals surface area contributed by atoms with Crippen LogP contribution in [0.3, 0.4) is 0 Å². The summed E-state index contributed by atoms with van der Waals surface area (Å²) < 4.78 is 26.4. The van der Waals surface area contributed by atoms with Gasteiger partial charge in [0.15, 0.2) is 11.9 Å². The molecular weight excluding hydrogens is 1310 g/mol. The number of Topliss-reactive ketones (excluding diaryl/α,β-unsaturated/α-hetero) is 1. The highest BCUT2D eigenvalue weighted by molar-refractivity contribution is 9.22. The zero-order valence-electron chi connectivity index (χ0n) is 40.0. The number of rotatable bonds is 25. The van der Waals surface area contributed by atoms with Crippen LogP contribution in [0.4, 0.5) is 0 Å². The molecule has 3 aromatic rings. The van der Waals surface area contributed by atoms with Crippen LogP contribution in [0.5, 0.6) is 11.5 Å². The number of ether oxygens (including phenoxy) is 5. The lowest BCUT2D eigenvalue weighted by Gasteiger charge is -2.32. The van der Waals surface area contributed by atoms with E-state index in [1.54, 1.807) is 77.5 Å². The van der Waals surface area contributed by atoms with Crippen molar-refractivity contribution < 1.29 is 43.2 Å². The summed E-state index contributed by atoms with van der Waals surface area (Å²) in [5.41, 5.74) is 3.77. The van der Waals surface area contributed by atoms with Crippen molar-refractivity contribution in [3.05, 3.63) is 119 Å². The van der Waals surface area contributed by atoms with Crippen molar-refractivity contribution in [1.29, 1.82) is 0 Å². The average Bonchev–Trinajstić information content (AvgIpc) is 3.33. The molecular formula is C38H73O9P23. The molecule has 3 rings (SSSR count). The summed E-state index contributed by atoms with van der Waals surface area (Å²) in [6.07, 6.45) is 2.37. The Labute approximate surface area is 461 Å². The van der Waals surface area contributed by atoms with E-state index in [4.69, 9.17) is 23.7 Å². The quantitative estimate of drug-likeness (QED) is 0.0221. The molecule has 0 saturated carbocycles. The van der Waals surface area contributed by atoms with Gasteiger partial charge in [0.25, 0.3) is 0 Å². The third kappa shape index (κ3) is 33.3. The van der Waals surface area contributed by atoms with Crippen molar-refractivity contribution in [1.82, 2.24) is 0 Å². The maximum atomic E-state index is 12.6. The molecule has 16 unspecified atom stereocenters. The van der Waals surface area contributed by atoms with Crippen molar-refractivity contribution in [2.45, 2.75) is 53.1 Å². The average molecular weight is 1390 g/mol. The van der Waals surface area contributed by atoms with Crippen LogP contribution < -0.4 is 9.47 Å². The molecule has 70 heavy (non-hydrogen) atoms. The molecule has 3 aromatic carbocycles. The summed E-state index contributed by atoms with van der Waals surface area (Å²) in [5, 5.41) is 10.5. The molecule has 19 atom stereocenters. The van der Waals surface area contributed by atoms with Gasteiger partial charge in [-0.1, -0.05) is 69.5 Å². The van der Waals surface area contributed by atoms with E-state index in [0.29, 0.717) is 43.1 Å². The van der Waals surface area contributed by atoms with Crippen LogP contribution in [0, 0.1) is 5.92 Å². The van der Waals surface area contributed by atoms with Crippen LogP contribution in [0.2, 0.25) is 0 Å². The zero-order valence-corrected chi connectivity index (χ0v) is 64.1. The summed E-state index contributed by atoms with van der Waals surface area (Å²) in [5.74, 6) is -0.0205. The minimum absolute atomic E-state index is 0.103. The monoisotopic (exact) mass is 1390 g/mol. The van der Waals surface area contributed by atoms with Gasteiger partial charge < -0.3 is 28.8 Å². The van der Waals surface area contributed by atoms with Crippen molar-refractivity contribution in [3.8, 4) is 11.5 Å². The molecule has 0 heterocycles. The third-order valence-electron chi connectivity index (χ3n) is 8.74. The highest BCUT2D eigenvalue weighted by atomic mass is 33.3. The fraction of sp³-hybridized carbons (Fsp3) is 0.342. The first-order valence-corrected chi connectivity index (χ1v) is 60.4. The SMILES string of the molecule is COc1ccc(COC/C=C(\C)C=O)cc1.COc1ccc(COC/C=C(\C)[C@@H](O)[C@@H](C)C(=O)[C@H](C)OC(=O)c2ccccc2)cc1.PP(P)P(P)P(P(P)P)P(P)P.PPP(P)P(P(P)P)P(P)P. The molecule has 0 aliphatic carbocycles. The predicted octanol–water partition coefficient (Wildman–Crippen LogP) is 18.9. The Morgan fingerprint density at radius 1 is 0.643 bits per heavy atom. The first-order valence-electron chi connectivity index (χ1n) is 20.3. The Balaban J connectivity index is 0.00000102. The number of hydrogen-bond acceptors (Lipinski definition) is 9. The number of carbonyl (C=O) groups excluding carboxylic acids is 3. The smallest absolute Gasteiger partial charge is 0.338 e. The van der Waals surface area contributed by atoms with Gasteiger partial charge in [0.05, 0.1) is 52.3 Å². The van der Waals surface area contributed by atoms with Crippen LogP contribution in [0.15, 0.2) is 102 Å². The van der Waals surface area contributed by atoms with Gasteiger partial charge in [-0.05, 0) is 142 Å². The Morgan fingerprint density at radius 3 is 1.41 bits per heavy atom. The van der Waals surface area contributed by atoms with Crippen molar-refractivity contribution in [2.75, 3.05) is 27.4 Å². The fourth-order valence-electron chi connectivity index (χ4n) is 4.94. The van der Waals surface area contributed by atoms with Gasteiger partial charge in [0, 0.05) is 5.92 Å². The molecule has 0 bridgehead atoms. The number of allylic oxidation sites excluding steroid dienone is 1. The first-order chi connectivity index (χ1) is 33.0. The summed E-state index contributed by atoms with van der Waals surface area (Å²) in [6.45, 7) is 9.81. The molecule has 0 radical (unpaired) electrons. The van der Waals surface area contributed by atoms with Gasteiger partial charge in [-0.15, -0.1) is 116 Å². The maximum Gasteiger partial charge on any atom is 0.338 e. The highest BCUT2D eigenvalue weighted by Crippen LogP contribution is 3.16. The fourth-order valence-corrected chi connectivity index (χ4v) is 203. The lowest BCUT2D eigenvalue weighted by Crippen LogP contribution is -2.35. The minimum atomic E-state index is -0.991. The number of aliphatic hydroxyl groups excluding tert-OH is 1. The molecule has 0 aliphatic rings. The van der Waals surface area contributed by atoms with E-state index >= 15 is 0 Å². The molecule has 0 amide bonds. The Morgan fingerprint density at radius 2 is 1.07 bits per heavy atom. The number of esters is 1. The molecule has 0 aliphatic heterocycles. The third-order valence-corrected chi connectivity index (χ3v) is 134. The number of aliphatic hydroxyl groups is 1. The lowest BCUT2D eigenvalue weighted by atomic mass is 9.92. The minimum Gasteiger partial charge on any atom is -0.497 e. The maximum absolute atomic E-state index is 12.6. The highest BCUT2D eigenvalue weighted by Gasteiger charge is 2.30. The van der Waals surface area contributed by atoms with E-state index in [-0.39, 0.29) is 68.7 Å². The van der Waals surface area contributed by atoms with Crippen LogP contribution in [0.1, 0.15) is 49.2 Å². The van der Waals surface area contributed by atoms with Gasteiger partial charge >= 0.3 is 5.97 Å². The number of aldehydes is 1. The van der Waals surface area contributed by atoms with Crippen LogP contribution in [-0.4, -0.2) is 62.8 Å². The number of ketones is 1. The molecule has 0 fully saturated rings. The molecule has 9 nitrogen and oxygen atoms in total. The summed E-state index contributed by atoms with van der Waals surface area (Å²) in [4.78, 5) is 35.1. The van der Waals surface area contributed by atoms with Gasteiger partial charge in [0.1, 0.15) is 17.8 Å². The Bertz CT molecular complexity index is 1940. The summed E-state index contributed by atoms with van der Waals surface area (Å²) in [7, 11) is 43.2.